The number of nitrogens with zero attached hydrogens (tertiary/aromatic N) is 3. The molecule has 0 atom stereocenters. The predicted octanol–water partition coefficient (Wildman–Crippen LogP) is 1.49. The maximum Gasteiger partial charge on any atom is 0.380 e. The average molecular weight is 360 g/mol. The number of nitrogens with two attached hydrogens (primary N) is 1. The molecular weight excluding hydrogens is 344 g/mol. The molecule has 0 radical (unpaired) electrons. The van der Waals surface area contributed by atoms with Crippen LogP contribution in [0.5, 0.6) is 11.5 Å². The topological polar surface area (TPSA) is 109 Å². The van der Waals surface area contributed by atoms with Gasteiger partial charge in [0.05, 0.1) is 6.54 Å². The van der Waals surface area contributed by atoms with Gasteiger partial charge in [-0.15, -0.1) is 0 Å². The first-order valence-electron chi connectivity index (χ1n) is 7.33. The fraction of sp³-hybridized carbons (Fsp3) is 0.125. The van der Waals surface area contributed by atoms with Crippen molar-refractivity contribution in [2.45, 2.75) is 13.2 Å². The second-order valence-electron chi connectivity index (χ2n) is 5.25. The van der Waals surface area contributed by atoms with Crippen LogP contribution in [-0.4, -0.2) is 23.2 Å². The lowest BCUT2D eigenvalue weighted by molar-refractivity contribution is 0.306. The number of aromatic nitrogens is 3. The summed E-state index contributed by atoms with van der Waals surface area (Å²) in [6.45, 7) is 1.05. The lowest BCUT2D eigenvalue weighted by atomic mass is 10.1. The Morgan fingerprint density at radius 1 is 0.960 bits per heavy atom. The Hall–Kier alpha value is -2.91. The molecule has 3 rings (SSSR count). The van der Waals surface area contributed by atoms with E-state index < -0.39 is 10.3 Å². The molecule has 2 N–H and O–H groups in total. The Balaban J connectivity index is 1.54. The zero-order chi connectivity index (χ0) is 17.7. The van der Waals surface area contributed by atoms with Crippen LogP contribution in [0.3, 0.4) is 0 Å². The lowest BCUT2D eigenvalue weighted by Gasteiger charge is -2.08. The Bertz CT molecular complexity index is 908. The monoisotopic (exact) mass is 360 g/mol. The minimum Gasteiger partial charge on any atom is -0.489 e. The van der Waals surface area contributed by atoms with E-state index >= 15 is 0 Å². The highest BCUT2D eigenvalue weighted by Gasteiger charge is 2.05. The number of hydrogen-bond donors (Lipinski definition) is 1. The number of ether oxygens (including phenoxy) is 1. The van der Waals surface area contributed by atoms with Crippen molar-refractivity contribution in [1.29, 1.82) is 0 Å². The highest BCUT2D eigenvalue weighted by molar-refractivity contribution is 7.84. The van der Waals surface area contributed by atoms with Gasteiger partial charge in [0.15, 0.2) is 0 Å². The highest BCUT2D eigenvalue weighted by Crippen LogP contribution is 2.19. The summed E-state index contributed by atoms with van der Waals surface area (Å²) < 4.78 is 33.6. The maximum atomic E-state index is 10.8. The van der Waals surface area contributed by atoms with Gasteiger partial charge in [0.1, 0.15) is 30.8 Å². The second-order valence-corrected chi connectivity index (χ2v) is 6.40. The van der Waals surface area contributed by atoms with Crippen LogP contribution >= 0.6 is 0 Å². The Morgan fingerprint density at radius 3 is 2.20 bits per heavy atom. The molecule has 9 heteroatoms. The molecule has 25 heavy (non-hydrogen) atoms. The third-order valence-electron chi connectivity index (χ3n) is 3.28. The molecule has 0 aliphatic heterocycles. The summed E-state index contributed by atoms with van der Waals surface area (Å²) in [5.41, 5.74) is 2.12. The van der Waals surface area contributed by atoms with Crippen LogP contribution in [-0.2, 0) is 23.5 Å². The molecule has 0 spiro atoms. The van der Waals surface area contributed by atoms with E-state index in [4.69, 9.17) is 9.88 Å². The zero-order valence-electron chi connectivity index (χ0n) is 13.1. The number of hydrogen-bond acceptors (Lipinski definition) is 6. The molecule has 1 heterocycles. The van der Waals surface area contributed by atoms with E-state index in [9.17, 15) is 8.42 Å². The smallest absolute Gasteiger partial charge is 0.380 e. The van der Waals surface area contributed by atoms with Crippen molar-refractivity contribution in [2.75, 3.05) is 0 Å². The van der Waals surface area contributed by atoms with E-state index in [1.54, 1.807) is 23.1 Å². The van der Waals surface area contributed by atoms with E-state index in [0.29, 0.717) is 18.9 Å². The summed E-state index contributed by atoms with van der Waals surface area (Å²) >= 11 is 0. The van der Waals surface area contributed by atoms with Crippen molar-refractivity contribution in [3.05, 3.63) is 72.3 Å². The first-order valence-corrected chi connectivity index (χ1v) is 8.80. The number of rotatable bonds is 7. The average Bonchev–Trinajstić information content (AvgIpc) is 3.07. The summed E-state index contributed by atoms with van der Waals surface area (Å²) in [6, 6.07) is 14.1. The zero-order valence-corrected chi connectivity index (χ0v) is 14.0. The van der Waals surface area contributed by atoms with Crippen molar-refractivity contribution in [2.24, 2.45) is 5.14 Å². The third-order valence-corrected chi connectivity index (χ3v) is 3.70. The largest absolute Gasteiger partial charge is 0.489 e. The van der Waals surface area contributed by atoms with Crippen LogP contribution in [0.1, 0.15) is 11.1 Å². The molecule has 0 aliphatic carbocycles. The SMILES string of the molecule is NS(=O)(=O)Oc1ccc(OCc2ccc(Cn3cncn3)cc2)cc1. The van der Waals surface area contributed by atoms with Crippen LogP contribution in [0.25, 0.3) is 0 Å². The second kappa shape index (κ2) is 7.32. The standard InChI is InChI=1S/C16H16N4O4S/c17-25(21,22)24-16-7-5-15(6-8-16)23-10-14-3-1-13(2-4-14)9-20-12-18-11-19-20/h1-8,11-12H,9-10H2,(H2,17,21,22). The molecule has 8 nitrogen and oxygen atoms in total. The lowest BCUT2D eigenvalue weighted by Crippen LogP contribution is -2.18. The van der Waals surface area contributed by atoms with Gasteiger partial charge in [0.2, 0.25) is 0 Å². The van der Waals surface area contributed by atoms with Gasteiger partial charge >= 0.3 is 10.3 Å². The first kappa shape index (κ1) is 16.9. The van der Waals surface area contributed by atoms with Gasteiger partial charge in [-0.3, -0.25) is 0 Å². The third kappa shape index (κ3) is 5.30. The molecule has 3 aromatic rings. The molecule has 0 bridgehead atoms. The van der Waals surface area contributed by atoms with Crippen LogP contribution in [0.2, 0.25) is 0 Å². The van der Waals surface area contributed by atoms with Crippen LogP contribution in [0.15, 0.2) is 61.2 Å². The molecule has 1 aromatic heterocycles. The van der Waals surface area contributed by atoms with E-state index in [1.165, 1.54) is 18.5 Å². The molecule has 2 aromatic carbocycles. The van der Waals surface area contributed by atoms with Crippen molar-refractivity contribution in [1.82, 2.24) is 14.8 Å². The van der Waals surface area contributed by atoms with Crippen molar-refractivity contribution in [3.63, 3.8) is 0 Å². The maximum absolute atomic E-state index is 10.8. The summed E-state index contributed by atoms with van der Waals surface area (Å²) in [5, 5.41) is 8.87. The molecule has 0 saturated carbocycles. The fourth-order valence-corrected chi connectivity index (χ4v) is 2.51. The summed E-state index contributed by atoms with van der Waals surface area (Å²) in [5.74, 6) is 0.723. The van der Waals surface area contributed by atoms with Crippen LogP contribution in [0.4, 0.5) is 0 Å². The number of benzene rings is 2. The van der Waals surface area contributed by atoms with E-state index in [-0.39, 0.29) is 5.75 Å². The summed E-state index contributed by atoms with van der Waals surface area (Å²) in [4.78, 5) is 3.91. The van der Waals surface area contributed by atoms with Gasteiger partial charge in [0.25, 0.3) is 0 Å². The highest BCUT2D eigenvalue weighted by atomic mass is 32.2. The van der Waals surface area contributed by atoms with Crippen molar-refractivity contribution >= 4 is 10.3 Å². The minimum atomic E-state index is -4.02. The molecule has 130 valence electrons. The van der Waals surface area contributed by atoms with Crippen LogP contribution < -0.4 is 14.1 Å². The van der Waals surface area contributed by atoms with E-state index in [2.05, 4.69) is 14.3 Å². The van der Waals surface area contributed by atoms with Gasteiger partial charge in [-0.05, 0) is 35.4 Å². The van der Waals surface area contributed by atoms with E-state index in [0.717, 1.165) is 11.1 Å². The normalized spacial score (nSPS) is 11.2. The molecule has 0 aliphatic rings. The molecule has 0 fully saturated rings. The quantitative estimate of drug-likeness (QED) is 0.684. The van der Waals surface area contributed by atoms with E-state index in [1.807, 2.05) is 24.3 Å². The van der Waals surface area contributed by atoms with Gasteiger partial charge in [-0.1, -0.05) is 24.3 Å². The molecule has 0 unspecified atom stereocenters. The summed E-state index contributed by atoms with van der Waals surface area (Å²) in [7, 11) is -4.02. The van der Waals surface area contributed by atoms with Gasteiger partial charge in [0, 0.05) is 0 Å². The van der Waals surface area contributed by atoms with Gasteiger partial charge < -0.3 is 8.92 Å². The van der Waals surface area contributed by atoms with Crippen LogP contribution in [0, 0.1) is 0 Å². The minimum absolute atomic E-state index is 0.132. The van der Waals surface area contributed by atoms with Crippen molar-refractivity contribution < 1.29 is 17.3 Å². The van der Waals surface area contributed by atoms with Crippen molar-refractivity contribution in [3.8, 4) is 11.5 Å². The predicted molar refractivity (Wildman–Crippen MR) is 90.1 cm³/mol. The molecule has 0 amide bonds. The Labute approximate surface area is 145 Å². The van der Waals surface area contributed by atoms with Gasteiger partial charge in [-0.25, -0.2) is 9.67 Å². The van der Waals surface area contributed by atoms with Gasteiger partial charge in [-0.2, -0.15) is 18.7 Å². The summed E-state index contributed by atoms with van der Waals surface area (Å²) in [6.07, 6.45) is 3.17. The molecule has 0 saturated heterocycles. The first-order chi connectivity index (χ1) is 12.0. The molecular formula is C16H16N4O4S. The fourth-order valence-electron chi connectivity index (χ4n) is 2.13. The Kier molecular flexibility index (Phi) is 4.96. The Morgan fingerprint density at radius 2 is 1.60 bits per heavy atom.